The Morgan fingerprint density at radius 3 is 2.62 bits per heavy atom. The highest BCUT2D eigenvalue weighted by atomic mass is 35.5. The van der Waals surface area contributed by atoms with Crippen LogP contribution in [0.1, 0.15) is 11.4 Å². The molecule has 1 aromatic heterocycles. The Bertz CT molecular complexity index is 777. The summed E-state index contributed by atoms with van der Waals surface area (Å²) in [5, 5.41) is 4.16. The molecule has 138 valence electrons. The molecule has 0 aliphatic carbocycles. The van der Waals surface area contributed by atoms with E-state index in [0.717, 1.165) is 30.2 Å². The first kappa shape index (κ1) is 18.9. The third-order valence-electron chi connectivity index (χ3n) is 3.88. The summed E-state index contributed by atoms with van der Waals surface area (Å²) in [6.07, 6.45) is 0. The Morgan fingerprint density at radius 1 is 1.23 bits per heavy atom. The van der Waals surface area contributed by atoms with Gasteiger partial charge >= 0.3 is 0 Å². The lowest BCUT2D eigenvalue weighted by Gasteiger charge is -2.30. The summed E-state index contributed by atoms with van der Waals surface area (Å²) in [6.45, 7) is 6.76. The number of rotatable bonds is 5. The van der Waals surface area contributed by atoms with E-state index in [1.54, 1.807) is 6.07 Å². The van der Waals surface area contributed by atoms with E-state index in [2.05, 4.69) is 20.2 Å². The lowest BCUT2D eigenvalue weighted by molar-refractivity contribution is -0.113. The first-order valence-electron chi connectivity index (χ1n) is 8.38. The summed E-state index contributed by atoms with van der Waals surface area (Å²) < 4.78 is 5.40. The van der Waals surface area contributed by atoms with E-state index in [0.29, 0.717) is 29.1 Å². The van der Waals surface area contributed by atoms with Crippen molar-refractivity contribution in [1.82, 2.24) is 9.97 Å². The van der Waals surface area contributed by atoms with Gasteiger partial charge in [0.25, 0.3) is 0 Å². The molecule has 0 unspecified atom stereocenters. The van der Waals surface area contributed by atoms with Crippen molar-refractivity contribution in [2.75, 3.05) is 42.3 Å². The maximum Gasteiger partial charge on any atom is 0.234 e. The first-order chi connectivity index (χ1) is 12.5. The lowest BCUT2D eigenvalue weighted by atomic mass is 10.2. The highest BCUT2D eigenvalue weighted by Gasteiger charge is 2.17. The van der Waals surface area contributed by atoms with E-state index < -0.39 is 0 Å². The zero-order valence-electron chi connectivity index (χ0n) is 14.8. The number of hydrogen-bond acceptors (Lipinski definition) is 6. The molecule has 1 aliphatic heterocycles. The first-order valence-corrected chi connectivity index (χ1v) is 9.75. The number of aryl methyl sites for hydroxylation is 2. The maximum absolute atomic E-state index is 12.4. The van der Waals surface area contributed by atoms with E-state index in [9.17, 15) is 4.79 Å². The largest absolute Gasteiger partial charge is 0.378 e. The van der Waals surface area contributed by atoms with Gasteiger partial charge in [-0.05, 0) is 38.1 Å². The number of carbonyl (C=O) groups excluding carboxylic acids is 1. The highest BCUT2D eigenvalue weighted by Crippen LogP contribution is 2.30. The molecule has 3 rings (SSSR count). The smallest absolute Gasteiger partial charge is 0.234 e. The van der Waals surface area contributed by atoms with Crippen LogP contribution in [0.3, 0.4) is 0 Å². The number of nitrogens with zero attached hydrogens (tertiary/aromatic N) is 3. The number of halogens is 1. The van der Waals surface area contributed by atoms with E-state index >= 15 is 0 Å². The van der Waals surface area contributed by atoms with Crippen LogP contribution in [0, 0.1) is 13.8 Å². The molecule has 6 nitrogen and oxygen atoms in total. The fraction of sp³-hybridized carbons (Fsp3) is 0.389. The molecule has 2 heterocycles. The number of carbonyl (C=O) groups is 1. The van der Waals surface area contributed by atoms with Crippen molar-refractivity contribution in [1.29, 1.82) is 0 Å². The van der Waals surface area contributed by atoms with Crippen LogP contribution in [-0.4, -0.2) is 47.9 Å². The predicted molar refractivity (Wildman–Crippen MR) is 105 cm³/mol. The molecule has 1 fully saturated rings. The van der Waals surface area contributed by atoms with E-state index in [1.165, 1.54) is 11.8 Å². The van der Waals surface area contributed by atoms with Crippen molar-refractivity contribution in [2.24, 2.45) is 0 Å². The summed E-state index contributed by atoms with van der Waals surface area (Å²) in [7, 11) is 0. The molecule has 0 bridgehead atoms. The Labute approximate surface area is 162 Å². The highest BCUT2D eigenvalue weighted by molar-refractivity contribution is 7.99. The van der Waals surface area contributed by atoms with E-state index in [-0.39, 0.29) is 11.7 Å². The van der Waals surface area contributed by atoms with Crippen LogP contribution < -0.4 is 10.2 Å². The Kier molecular flexibility index (Phi) is 6.34. The normalized spacial score (nSPS) is 14.3. The predicted octanol–water partition coefficient (Wildman–Crippen LogP) is 3.31. The maximum atomic E-state index is 12.4. The fourth-order valence-electron chi connectivity index (χ4n) is 2.76. The van der Waals surface area contributed by atoms with Crippen LogP contribution >= 0.6 is 23.4 Å². The molecular weight excluding hydrogens is 372 g/mol. The van der Waals surface area contributed by atoms with Gasteiger partial charge in [0, 0.05) is 29.5 Å². The molecule has 0 radical (unpaired) electrons. The summed E-state index contributed by atoms with van der Waals surface area (Å²) >= 11 is 7.45. The average molecular weight is 393 g/mol. The van der Waals surface area contributed by atoms with Gasteiger partial charge in [-0.15, -0.1) is 0 Å². The molecule has 0 spiro atoms. The minimum atomic E-state index is -0.116. The monoisotopic (exact) mass is 392 g/mol. The molecule has 1 aromatic carbocycles. The van der Waals surface area contributed by atoms with Gasteiger partial charge in [0.05, 0.1) is 30.3 Å². The quantitative estimate of drug-likeness (QED) is 0.622. The number of benzene rings is 1. The number of hydrogen-bond donors (Lipinski definition) is 1. The fourth-order valence-corrected chi connectivity index (χ4v) is 3.68. The van der Waals surface area contributed by atoms with Gasteiger partial charge in [-0.3, -0.25) is 4.79 Å². The number of thioether (sulfide) groups is 1. The summed E-state index contributed by atoms with van der Waals surface area (Å²) in [6, 6.07) is 7.45. The van der Waals surface area contributed by atoms with Crippen molar-refractivity contribution in [3.63, 3.8) is 0 Å². The molecule has 1 saturated heterocycles. The van der Waals surface area contributed by atoms with Crippen LogP contribution in [0.15, 0.2) is 29.4 Å². The second-order valence-corrected chi connectivity index (χ2v) is 7.41. The number of anilines is 2. The van der Waals surface area contributed by atoms with Crippen molar-refractivity contribution >= 4 is 40.6 Å². The second kappa shape index (κ2) is 8.70. The minimum absolute atomic E-state index is 0.116. The number of morpholine rings is 1. The van der Waals surface area contributed by atoms with E-state index in [4.69, 9.17) is 16.3 Å². The zero-order chi connectivity index (χ0) is 18.5. The van der Waals surface area contributed by atoms with Crippen LogP contribution in [0.2, 0.25) is 5.02 Å². The summed E-state index contributed by atoms with van der Waals surface area (Å²) in [4.78, 5) is 23.3. The van der Waals surface area contributed by atoms with Crippen molar-refractivity contribution in [2.45, 2.75) is 19.0 Å². The van der Waals surface area contributed by atoms with Crippen molar-refractivity contribution < 1.29 is 9.53 Å². The van der Waals surface area contributed by atoms with E-state index in [1.807, 2.05) is 32.0 Å². The third-order valence-corrected chi connectivity index (χ3v) is 4.96. The Hall–Kier alpha value is -1.83. The van der Waals surface area contributed by atoms with Gasteiger partial charge < -0.3 is 15.0 Å². The van der Waals surface area contributed by atoms with Crippen LogP contribution in [-0.2, 0) is 9.53 Å². The summed E-state index contributed by atoms with van der Waals surface area (Å²) in [5.74, 6) is 0.118. The number of amides is 1. The van der Waals surface area contributed by atoms with Crippen molar-refractivity contribution in [3.05, 3.63) is 40.7 Å². The topological polar surface area (TPSA) is 67.4 Å². The van der Waals surface area contributed by atoms with Crippen LogP contribution in [0.25, 0.3) is 0 Å². The molecule has 1 amide bonds. The molecule has 0 saturated carbocycles. The molecule has 2 aromatic rings. The molecular formula is C18H21ClN4O2S. The summed E-state index contributed by atoms with van der Waals surface area (Å²) in [5.41, 5.74) is 3.46. The number of nitrogens with one attached hydrogen (secondary N) is 1. The van der Waals surface area contributed by atoms with Gasteiger partial charge in [0.1, 0.15) is 0 Å². The molecule has 8 heteroatoms. The van der Waals surface area contributed by atoms with Gasteiger partial charge in [-0.2, -0.15) is 0 Å². The Morgan fingerprint density at radius 2 is 1.92 bits per heavy atom. The number of ether oxygens (including phenoxy) is 1. The van der Waals surface area contributed by atoms with Gasteiger partial charge in [-0.25, -0.2) is 9.97 Å². The zero-order valence-corrected chi connectivity index (χ0v) is 16.4. The molecule has 26 heavy (non-hydrogen) atoms. The average Bonchev–Trinajstić information content (AvgIpc) is 2.60. The van der Waals surface area contributed by atoms with Gasteiger partial charge in [-0.1, -0.05) is 23.4 Å². The Balaban J connectivity index is 1.67. The third kappa shape index (κ3) is 5.09. The SMILES string of the molecule is Cc1cc(C)nc(SCC(=O)Nc2cc(Cl)ccc2N2CCOCC2)n1. The van der Waals surface area contributed by atoms with Crippen LogP contribution in [0.5, 0.6) is 0 Å². The number of aromatic nitrogens is 2. The molecule has 1 N–H and O–H groups in total. The molecule has 0 atom stereocenters. The standard InChI is InChI=1S/C18H21ClN4O2S/c1-12-9-13(2)21-18(20-12)26-11-17(24)22-15-10-14(19)3-4-16(15)23-5-7-25-8-6-23/h3-4,9-10H,5-8,11H2,1-2H3,(H,22,24). The second-order valence-electron chi connectivity index (χ2n) is 6.03. The minimum Gasteiger partial charge on any atom is -0.378 e. The van der Waals surface area contributed by atoms with Gasteiger partial charge in [0.15, 0.2) is 5.16 Å². The van der Waals surface area contributed by atoms with Crippen LogP contribution in [0.4, 0.5) is 11.4 Å². The van der Waals surface area contributed by atoms with Gasteiger partial charge in [0.2, 0.25) is 5.91 Å². The lowest BCUT2D eigenvalue weighted by Crippen LogP contribution is -2.36. The van der Waals surface area contributed by atoms with Crippen molar-refractivity contribution in [3.8, 4) is 0 Å². The molecule has 1 aliphatic rings.